The molecular weight excluding hydrogens is 256 g/mol. The molecular formula is C10H14Cl3NO. The average molecular weight is 271 g/mol. The molecule has 0 aromatic heterocycles. The van der Waals surface area contributed by atoms with Crippen molar-refractivity contribution in [2.45, 2.75) is 19.4 Å². The summed E-state index contributed by atoms with van der Waals surface area (Å²) in [5.74, 6) is 0.733. The number of ether oxygens (including phenoxy) is 1. The highest BCUT2D eigenvalue weighted by atomic mass is 35.5. The molecule has 0 bridgehead atoms. The summed E-state index contributed by atoms with van der Waals surface area (Å²) in [6, 6.07) is 3.58. The summed E-state index contributed by atoms with van der Waals surface area (Å²) in [6.45, 7) is 1.93. The van der Waals surface area contributed by atoms with Crippen LogP contribution in [0.5, 0.6) is 5.75 Å². The van der Waals surface area contributed by atoms with Crippen molar-refractivity contribution in [3.05, 3.63) is 27.7 Å². The van der Waals surface area contributed by atoms with E-state index in [1.807, 2.05) is 6.92 Å². The molecule has 2 N–H and O–H groups in total. The fourth-order valence-electron chi connectivity index (χ4n) is 1.27. The highest BCUT2D eigenvalue weighted by Gasteiger charge is 2.09. The molecule has 0 aliphatic heterocycles. The molecule has 1 aromatic rings. The first kappa shape index (κ1) is 14.8. The smallest absolute Gasteiger partial charge is 0.123 e. The zero-order valence-corrected chi connectivity index (χ0v) is 10.9. The third-order valence-corrected chi connectivity index (χ3v) is 2.59. The molecule has 1 aromatic carbocycles. The first-order chi connectivity index (χ1) is 6.54. The van der Waals surface area contributed by atoms with Crippen molar-refractivity contribution < 1.29 is 4.74 Å². The van der Waals surface area contributed by atoms with Crippen molar-refractivity contribution in [3.63, 3.8) is 0 Å². The summed E-state index contributed by atoms with van der Waals surface area (Å²) < 4.78 is 5.18. The molecule has 1 rings (SSSR count). The second-order valence-corrected chi connectivity index (χ2v) is 4.07. The Kier molecular flexibility index (Phi) is 6.37. The molecule has 0 aliphatic rings. The predicted molar refractivity (Wildman–Crippen MR) is 67.6 cm³/mol. The lowest BCUT2D eigenvalue weighted by molar-refractivity contribution is 0.408. The first-order valence-electron chi connectivity index (χ1n) is 4.32. The van der Waals surface area contributed by atoms with Crippen LogP contribution in [0.25, 0.3) is 0 Å². The number of nitrogens with two attached hydrogens (primary N) is 1. The van der Waals surface area contributed by atoms with Crippen molar-refractivity contribution in [1.29, 1.82) is 0 Å². The minimum absolute atomic E-state index is 0. The second-order valence-electron chi connectivity index (χ2n) is 3.26. The van der Waals surface area contributed by atoms with Crippen LogP contribution in [0, 0.1) is 0 Å². The Hall–Kier alpha value is -0.150. The molecule has 1 unspecified atom stereocenters. The Morgan fingerprint density at radius 1 is 1.33 bits per heavy atom. The Bertz CT molecular complexity index is 329. The lowest BCUT2D eigenvalue weighted by Gasteiger charge is -2.11. The molecule has 0 amide bonds. The van der Waals surface area contributed by atoms with E-state index >= 15 is 0 Å². The van der Waals surface area contributed by atoms with E-state index < -0.39 is 0 Å². The van der Waals surface area contributed by atoms with Crippen molar-refractivity contribution in [2.24, 2.45) is 5.73 Å². The molecule has 0 heterocycles. The number of hydrogen-bond donors (Lipinski definition) is 1. The van der Waals surface area contributed by atoms with E-state index in [9.17, 15) is 0 Å². The van der Waals surface area contributed by atoms with E-state index in [1.54, 1.807) is 19.2 Å². The van der Waals surface area contributed by atoms with Gasteiger partial charge in [0.25, 0.3) is 0 Å². The van der Waals surface area contributed by atoms with Crippen LogP contribution >= 0.6 is 35.6 Å². The van der Waals surface area contributed by atoms with E-state index in [-0.39, 0.29) is 18.4 Å². The molecule has 5 heteroatoms. The van der Waals surface area contributed by atoms with E-state index in [1.165, 1.54) is 0 Å². The number of halogens is 3. The van der Waals surface area contributed by atoms with Crippen molar-refractivity contribution in [1.82, 2.24) is 0 Å². The van der Waals surface area contributed by atoms with Gasteiger partial charge >= 0.3 is 0 Å². The zero-order chi connectivity index (χ0) is 10.7. The normalized spacial score (nSPS) is 11.8. The quantitative estimate of drug-likeness (QED) is 0.914. The van der Waals surface area contributed by atoms with E-state index in [0.717, 1.165) is 17.7 Å². The zero-order valence-electron chi connectivity index (χ0n) is 8.59. The minimum Gasteiger partial charge on any atom is -0.496 e. The van der Waals surface area contributed by atoms with Gasteiger partial charge in [-0.2, -0.15) is 0 Å². The van der Waals surface area contributed by atoms with Gasteiger partial charge in [-0.3, -0.25) is 0 Å². The van der Waals surface area contributed by atoms with Gasteiger partial charge in [0.05, 0.1) is 17.2 Å². The Balaban J connectivity index is 0.00000196. The highest BCUT2D eigenvalue weighted by molar-refractivity contribution is 6.42. The molecule has 1 atom stereocenters. The van der Waals surface area contributed by atoms with Crippen molar-refractivity contribution >= 4 is 35.6 Å². The third-order valence-electron chi connectivity index (χ3n) is 1.87. The monoisotopic (exact) mass is 269 g/mol. The molecule has 0 saturated heterocycles. The van der Waals surface area contributed by atoms with Gasteiger partial charge in [0.15, 0.2) is 0 Å². The minimum atomic E-state index is 0. The van der Waals surface area contributed by atoms with E-state index in [2.05, 4.69) is 0 Å². The molecule has 0 saturated carbocycles. The summed E-state index contributed by atoms with van der Waals surface area (Å²) in [4.78, 5) is 0. The molecule has 15 heavy (non-hydrogen) atoms. The van der Waals surface area contributed by atoms with Crippen LogP contribution in [-0.2, 0) is 6.42 Å². The van der Waals surface area contributed by atoms with Crippen LogP contribution in [0.4, 0.5) is 0 Å². The van der Waals surface area contributed by atoms with Gasteiger partial charge in [-0.05, 0) is 25.0 Å². The van der Waals surface area contributed by atoms with E-state index in [4.69, 9.17) is 33.7 Å². The third kappa shape index (κ3) is 4.07. The van der Waals surface area contributed by atoms with Gasteiger partial charge in [0, 0.05) is 12.1 Å². The number of hydrogen-bond acceptors (Lipinski definition) is 2. The molecule has 0 spiro atoms. The Labute approximate surface area is 106 Å². The number of benzene rings is 1. The van der Waals surface area contributed by atoms with Crippen molar-refractivity contribution in [3.8, 4) is 5.75 Å². The van der Waals surface area contributed by atoms with Crippen LogP contribution in [0.3, 0.4) is 0 Å². The molecule has 2 nitrogen and oxygen atoms in total. The predicted octanol–water partition coefficient (Wildman–Crippen LogP) is 3.31. The molecule has 0 fully saturated rings. The number of rotatable bonds is 3. The SMILES string of the molecule is COc1cc(Cl)c(Cl)cc1CC(C)N.Cl. The van der Waals surface area contributed by atoms with Crippen LogP contribution in [0.15, 0.2) is 12.1 Å². The Morgan fingerprint density at radius 3 is 2.33 bits per heavy atom. The van der Waals surface area contributed by atoms with Crippen LogP contribution in [0.2, 0.25) is 10.0 Å². The topological polar surface area (TPSA) is 35.2 Å². The van der Waals surface area contributed by atoms with Gasteiger partial charge in [-0.1, -0.05) is 23.2 Å². The summed E-state index contributed by atoms with van der Waals surface area (Å²) in [6.07, 6.45) is 0.722. The standard InChI is InChI=1S/C10H13Cl2NO.ClH/c1-6(13)3-7-4-8(11)9(12)5-10(7)14-2;/h4-6H,3,13H2,1-2H3;1H. The summed E-state index contributed by atoms with van der Waals surface area (Å²) >= 11 is 11.8. The van der Waals surface area contributed by atoms with Crippen LogP contribution in [-0.4, -0.2) is 13.2 Å². The average Bonchev–Trinajstić information content (AvgIpc) is 2.10. The number of methoxy groups -OCH3 is 1. The fourth-order valence-corrected chi connectivity index (χ4v) is 1.61. The summed E-state index contributed by atoms with van der Waals surface area (Å²) in [5.41, 5.74) is 6.69. The van der Waals surface area contributed by atoms with Gasteiger partial charge in [0.2, 0.25) is 0 Å². The van der Waals surface area contributed by atoms with Crippen LogP contribution < -0.4 is 10.5 Å². The summed E-state index contributed by atoms with van der Waals surface area (Å²) in [7, 11) is 1.60. The molecule has 86 valence electrons. The van der Waals surface area contributed by atoms with E-state index in [0.29, 0.717) is 10.0 Å². The molecule has 0 radical (unpaired) electrons. The lowest BCUT2D eigenvalue weighted by atomic mass is 10.1. The fraction of sp³-hybridized carbons (Fsp3) is 0.400. The van der Waals surface area contributed by atoms with Gasteiger partial charge in [-0.25, -0.2) is 0 Å². The van der Waals surface area contributed by atoms with Gasteiger partial charge < -0.3 is 10.5 Å². The van der Waals surface area contributed by atoms with Gasteiger partial charge in [0.1, 0.15) is 5.75 Å². The maximum Gasteiger partial charge on any atom is 0.123 e. The maximum atomic E-state index is 5.90. The van der Waals surface area contributed by atoms with Crippen molar-refractivity contribution in [2.75, 3.05) is 7.11 Å². The largest absolute Gasteiger partial charge is 0.496 e. The summed E-state index contributed by atoms with van der Waals surface area (Å²) in [5, 5.41) is 1.03. The molecule has 0 aliphatic carbocycles. The van der Waals surface area contributed by atoms with Gasteiger partial charge in [-0.15, -0.1) is 12.4 Å². The maximum absolute atomic E-state index is 5.90. The first-order valence-corrected chi connectivity index (χ1v) is 5.07. The second kappa shape index (κ2) is 6.44. The lowest BCUT2D eigenvalue weighted by Crippen LogP contribution is -2.18. The van der Waals surface area contributed by atoms with Crippen LogP contribution in [0.1, 0.15) is 12.5 Å². The Morgan fingerprint density at radius 2 is 1.87 bits per heavy atom. The highest BCUT2D eigenvalue weighted by Crippen LogP contribution is 2.30.